The molecule has 9 heteroatoms. The zero-order valence-corrected chi connectivity index (χ0v) is 15.4. The fourth-order valence-electron chi connectivity index (χ4n) is 3.16. The van der Waals surface area contributed by atoms with Crippen LogP contribution in [0.5, 0.6) is 0 Å². The fourth-order valence-corrected chi connectivity index (χ4v) is 3.93. The lowest BCUT2D eigenvalue weighted by atomic mass is 10.00. The first-order valence-corrected chi connectivity index (χ1v) is 9.37. The van der Waals surface area contributed by atoms with E-state index in [1.807, 2.05) is 18.7 Å². The molecule has 0 saturated carbocycles. The van der Waals surface area contributed by atoms with Gasteiger partial charge in [0.2, 0.25) is 11.7 Å². The van der Waals surface area contributed by atoms with E-state index in [9.17, 15) is 4.79 Å². The Labute approximate surface area is 154 Å². The minimum absolute atomic E-state index is 0.0379. The van der Waals surface area contributed by atoms with Crippen molar-refractivity contribution >= 4 is 17.2 Å². The summed E-state index contributed by atoms with van der Waals surface area (Å²) in [6.07, 6.45) is 4.75. The molecule has 8 nitrogen and oxygen atoms in total. The topological polar surface area (TPSA) is 97.9 Å². The van der Waals surface area contributed by atoms with Crippen molar-refractivity contribution in [3.63, 3.8) is 0 Å². The maximum atomic E-state index is 12.7. The highest BCUT2D eigenvalue weighted by Gasteiger charge is 2.32. The van der Waals surface area contributed by atoms with Crippen LogP contribution in [-0.4, -0.2) is 49.0 Å². The number of hydrogen-bond acceptors (Lipinski definition) is 8. The highest BCUT2D eigenvalue weighted by Crippen LogP contribution is 2.32. The second kappa shape index (κ2) is 6.91. The maximum absolute atomic E-state index is 12.7. The van der Waals surface area contributed by atoms with Gasteiger partial charge in [0, 0.05) is 31.6 Å². The van der Waals surface area contributed by atoms with Gasteiger partial charge in [0.05, 0.1) is 22.5 Å². The third-order valence-corrected chi connectivity index (χ3v) is 5.47. The average Bonchev–Trinajstić information content (AvgIpc) is 3.41. The first-order chi connectivity index (χ1) is 12.7. The second-order valence-electron chi connectivity index (χ2n) is 6.19. The van der Waals surface area contributed by atoms with E-state index in [1.54, 1.807) is 11.7 Å². The molecule has 3 aromatic heterocycles. The fraction of sp³-hybridized carbons (Fsp3) is 0.412. The number of thiazole rings is 1. The van der Waals surface area contributed by atoms with E-state index in [1.165, 1.54) is 17.7 Å². The molecule has 1 amide bonds. The Morgan fingerprint density at radius 2 is 2.31 bits per heavy atom. The highest BCUT2D eigenvalue weighted by molar-refractivity contribution is 7.11. The number of hydrogen-bond donors (Lipinski definition) is 0. The van der Waals surface area contributed by atoms with E-state index in [-0.39, 0.29) is 11.8 Å². The Kier molecular flexibility index (Phi) is 4.46. The molecule has 0 unspecified atom stereocenters. The summed E-state index contributed by atoms with van der Waals surface area (Å²) >= 11 is 1.39. The summed E-state index contributed by atoms with van der Waals surface area (Å²) in [5, 5.41) is 4.04. The van der Waals surface area contributed by atoms with Gasteiger partial charge < -0.3 is 9.42 Å². The number of carbonyl (C=O) groups excluding carboxylic acids is 1. The third kappa shape index (κ3) is 2.98. The smallest absolute Gasteiger partial charge is 0.265 e. The minimum atomic E-state index is 0.0379. The molecule has 0 aromatic carbocycles. The second-order valence-corrected chi connectivity index (χ2v) is 7.05. The van der Waals surface area contributed by atoms with Gasteiger partial charge in [0.1, 0.15) is 11.2 Å². The van der Waals surface area contributed by atoms with Crippen LogP contribution in [-0.2, 0) is 6.42 Å². The monoisotopic (exact) mass is 370 g/mol. The molecule has 3 aromatic rings. The maximum Gasteiger partial charge on any atom is 0.265 e. The highest BCUT2D eigenvalue weighted by atomic mass is 32.1. The van der Waals surface area contributed by atoms with Gasteiger partial charge in [-0.25, -0.2) is 15.0 Å². The van der Waals surface area contributed by atoms with Crippen molar-refractivity contribution in [2.24, 2.45) is 0 Å². The van der Waals surface area contributed by atoms with Crippen molar-refractivity contribution in [3.8, 4) is 11.4 Å². The van der Waals surface area contributed by atoms with Gasteiger partial charge in [-0.1, -0.05) is 12.1 Å². The predicted octanol–water partition coefficient (Wildman–Crippen LogP) is 2.48. The minimum Gasteiger partial charge on any atom is -0.339 e. The van der Waals surface area contributed by atoms with Crippen molar-refractivity contribution in [2.75, 3.05) is 13.1 Å². The van der Waals surface area contributed by atoms with E-state index in [4.69, 9.17) is 4.52 Å². The van der Waals surface area contributed by atoms with E-state index in [0.29, 0.717) is 36.1 Å². The molecule has 1 saturated heterocycles. The van der Waals surface area contributed by atoms with Gasteiger partial charge >= 0.3 is 0 Å². The molecule has 4 heterocycles. The largest absolute Gasteiger partial charge is 0.339 e. The van der Waals surface area contributed by atoms with Crippen molar-refractivity contribution in [2.45, 2.75) is 32.6 Å². The number of aromatic nitrogens is 5. The number of aryl methyl sites for hydroxylation is 2. The number of nitrogens with zero attached hydrogens (tertiary/aromatic N) is 6. The molecule has 0 N–H and O–H groups in total. The number of rotatable bonds is 4. The molecule has 0 aliphatic carbocycles. The number of amides is 1. The predicted molar refractivity (Wildman–Crippen MR) is 94.8 cm³/mol. The Balaban J connectivity index is 1.58. The molecule has 1 aliphatic rings. The molecular formula is C17H18N6O2S. The normalized spacial score (nSPS) is 17.0. The molecule has 26 heavy (non-hydrogen) atoms. The summed E-state index contributed by atoms with van der Waals surface area (Å²) in [7, 11) is 0. The third-order valence-electron chi connectivity index (χ3n) is 4.56. The Bertz CT molecular complexity index is 937. The number of carbonyl (C=O) groups is 1. The first-order valence-electron chi connectivity index (χ1n) is 8.49. The van der Waals surface area contributed by atoms with E-state index >= 15 is 0 Å². The molecule has 0 bridgehead atoms. The molecular weight excluding hydrogens is 352 g/mol. The average molecular weight is 370 g/mol. The van der Waals surface area contributed by atoms with Crippen LogP contribution in [0.15, 0.2) is 22.6 Å². The van der Waals surface area contributed by atoms with Gasteiger partial charge in [0.25, 0.3) is 5.91 Å². The molecule has 1 fully saturated rings. The van der Waals surface area contributed by atoms with Crippen LogP contribution in [0.3, 0.4) is 0 Å². The van der Waals surface area contributed by atoms with E-state index in [0.717, 1.165) is 23.4 Å². The number of likely N-dealkylation sites (tertiary alicyclic amines) is 1. The van der Waals surface area contributed by atoms with Crippen molar-refractivity contribution < 1.29 is 9.32 Å². The lowest BCUT2D eigenvalue weighted by Gasteiger charge is -2.16. The summed E-state index contributed by atoms with van der Waals surface area (Å²) < 4.78 is 5.22. The van der Waals surface area contributed by atoms with Crippen LogP contribution in [0, 0.1) is 6.92 Å². The summed E-state index contributed by atoms with van der Waals surface area (Å²) in [6.45, 7) is 5.12. The van der Waals surface area contributed by atoms with Crippen LogP contribution >= 0.6 is 11.3 Å². The lowest BCUT2D eigenvalue weighted by Crippen LogP contribution is -2.28. The molecule has 1 atom stereocenters. The molecule has 1 aliphatic heterocycles. The van der Waals surface area contributed by atoms with Gasteiger partial charge in [-0.15, -0.1) is 11.3 Å². The van der Waals surface area contributed by atoms with Gasteiger partial charge in [-0.2, -0.15) is 4.98 Å². The molecule has 0 spiro atoms. The SMILES string of the molecule is CCc1nc(-c2cncnc2[C@H]2CCN(C(=O)c3scnc3C)C2)no1. The van der Waals surface area contributed by atoms with Crippen molar-refractivity contribution in [1.29, 1.82) is 0 Å². The van der Waals surface area contributed by atoms with Gasteiger partial charge in [0.15, 0.2) is 0 Å². The van der Waals surface area contributed by atoms with Crippen LogP contribution < -0.4 is 0 Å². The van der Waals surface area contributed by atoms with Crippen molar-refractivity contribution in [3.05, 3.63) is 40.2 Å². The van der Waals surface area contributed by atoms with Crippen molar-refractivity contribution in [1.82, 2.24) is 30.0 Å². The summed E-state index contributed by atoms with van der Waals surface area (Å²) in [6, 6.07) is 0. The Hall–Kier alpha value is -2.68. The Morgan fingerprint density at radius 3 is 3.04 bits per heavy atom. The van der Waals surface area contributed by atoms with Crippen LogP contribution in [0.4, 0.5) is 0 Å². The van der Waals surface area contributed by atoms with E-state index in [2.05, 4.69) is 25.1 Å². The lowest BCUT2D eigenvalue weighted by molar-refractivity contribution is 0.0794. The standard InChI is InChI=1S/C17H18N6O2S/c1-3-13-21-16(22-25-13)12-6-18-8-19-14(12)11-4-5-23(7-11)17(24)15-10(2)20-9-26-15/h6,8-9,11H,3-5,7H2,1-2H3/t11-/m0/s1. The molecule has 4 rings (SSSR count). The Morgan fingerprint density at radius 1 is 1.42 bits per heavy atom. The first kappa shape index (κ1) is 16.8. The van der Waals surface area contributed by atoms with Gasteiger partial charge in [-0.3, -0.25) is 4.79 Å². The van der Waals surface area contributed by atoms with E-state index < -0.39 is 0 Å². The van der Waals surface area contributed by atoms with Crippen LogP contribution in [0.1, 0.15) is 46.2 Å². The zero-order valence-electron chi connectivity index (χ0n) is 14.5. The summed E-state index contributed by atoms with van der Waals surface area (Å²) in [5.41, 5.74) is 4.12. The molecule has 0 radical (unpaired) electrons. The quantitative estimate of drug-likeness (QED) is 0.696. The summed E-state index contributed by atoms with van der Waals surface area (Å²) in [4.78, 5) is 32.4. The van der Waals surface area contributed by atoms with Crippen LogP contribution in [0.2, 0.25) is 0 Å². The summed E-state index contributed by atoms with van der Waals surface area (Å²) in [5.74, 6) is 1.24. The van der Waals surface area contributed by atoms with Gasteiger partial charge in [-0.05, 0) is 13.3 Å². The molecule has 134 valence electrons. The zero-order chi connectivity index (χ0) is 18.1. The van der Waals surface area contributed by atoms with Crippen LogP contribution in [0.25, 0.3) is 11.4 Å².